The van der Waals surface area contributed by atoms with Gasteiger partial charge in [0.15, 0.2) is 6.61 Å². The lowest BCUT2D eigenvalue weighted by molar-refractivity contribution is -0.143. The number of hydrogen-bond donors (Lipinski definition) is 1. The molecule has 3 aromatic carbocycles. The average Bonchev–Trinajstić information content (AvgIpc) is 2.88. The van der Waals surface area contributed by atoms with Gasteiger partial charge in [0.2, 0.25) is 5.91 Å². The van der Waals surface area contributed by atoms with E-state index in [1.165, 1.54) is 0 Å². The summed E-state index contributed by atoms with van der Waals surface area (Å²) in [6, 6.07) is 21.7. The van der Waals surface area contributed by atoms with Gasteiger partial charge in [0.1, 0.15) is 23.3 Å². The zero-order valence-electron chi connectivity index (χ0n) is 22.5. The van der Waals surface area contributed by atoms with Crippen LogP contribution >= 0.6 is 15.9 Å². The SMILES string of the molecule is COc1cc(OC)cc(OCC(=O)N(Cc2cccc(Br)c2)[C@H](Cc2ccccc2)C(=O)NC(C)(C)C)c1. The van der Waals surface area contributed by atoms with Crippen molar-refractivity contribution in [3.8, 4) is 17.2 Å². The first-order valence-electron chi connectivity index (χ1n) is 12.3. The van der Waals surface area contributed by atoms with Crippen molar-refractivity contribution in [2.45, 2.75) is 45.3 Å². The molecule has 0 aromatic heterocycles. The maximum atomic E-state index is 13.8. The maximum absolute atomic E-state index is 13.8. The Hall–Kier alpha value is -3.52. The fourth-order valence-corrected chi connectivity index (χ4v) is 4.38. The summed E-state index contributed by atoms with van der Waals surface area (Å²) in [5.74, 6) is 0.966. The molecule has 0 fully saturated rings. The minimum absolute atomic E-state index is 0.229. The highest BCUT2D eigenvalue weighted by molar-refractivity contribution is 9.10. The van der Waals surface area contributed by atoms with Crippen molar-refractivity contribution in [2.75, 3.05) is 20.8 Å². The third kappa shape index (κ3) is 8.80. The maximum Gasteiger partial charge on any atom is 0.261 e. The van der Waals surface area contributed by atoms with E-state index in [9.17, 15) is 9.59 Å². The fourth-order valence-electron chi connectivity index (χ4n) is 3.93. The molecule has 0 aliphatic carbocycles. The third-order valence-electron chi connectivity index (χ3n) is 5.70. The molecular formula is C30H35BrN2O5. The van der Waals surface area contributed by atoms with Gasteiger partial charge in [-0.05, 0) is 44.0 Å². The van der Waals surface area contributed by atoms with Gasteiger partial charge in [0.05, 0.1) is 14.2 Å². The first kappa shape index (κ1) is 29.0. The Labute approximate surface area is 233 Å². The number of halogens is 1. The number of nitrogens with one attached hydrogen (secondary N) is 1. The molecule has 0 aliphatic heterocycles. The van der Waals surface area contributed by atoms with Crippen molar-refractivity contribution < 1.29 is 23.8 Å². The molecule has 7 nitrogen and oxygen atoms in total. The molecule has 2 amide bonds. The quantitative estimate of drug-likeness (QED) is 0.327. The minimum Gasteiger partial charge on any atom is -0.496 e. The van der Waals surface area contributed by atoms with Crippen LogP contribution in [0.25, 0.3) is 0 Å². The van der Waals surface area contributed by atoms with Crippen molar-refractivity contribution in [3.63, 3.8) is 0 Å². The van der Waals surface area contributed by atoms with Gasteiger partial charge in [-0.3, -0.25) is 9.59 Å². The molecular weight excluding hydrogens is 548 g/mol. The van der Waals surface area contributed by atoms with Gasteiger partial charge in [-0.1, -0.05) is 58.4 Å². The van der Waals surface area contributed by atoms with E-state index in [0.29, 0.717) is 23.7 Å². The Morgan fingerprint density at radius 1 is 0.868 bits per heavy atom. The van der Waals surface area contributed by atoms with E-state index in [1.54, 1.807) is 37.3 Å². The van der Waals surface area contributed by atoms with Gasteiger partial charge in [-0.25, -0.2) is 0 Å². The van der Waals surface area contributed by atoms with Crippen LogP contribution in [-0.4, -0.2) is 49.1 Å². The molecule has 3 aromatic rings. The van der Waals surface area contributed by atoms with Gasteiger partial charge >= 0.3 is 0 Å². The van der Waals surface area contributed by atoms with Crippen LogP contribution in [0.4, 0.5) is 0 Å². The van der Waals surface area contributed by atoms with E-state index in [-0.39, 0.29) is 25.0 Å². The second-order valence-electron chi connectivity index (χ2n) is 9.93. The van der Waals surface area contributed by atoms with E-state index >= 15 is 0 Å². The molecule has 8 heteroatoms. The summed E-state index contributed by atoms with van der Waals surface area (Å²) in [5, 5.41) is 3.06. The summed E-state index contributed by atoms with van der Waals surface area (Å²) >= 11 is 3.51. The number of methoxy groups -OCH3 is 2. The Balaban J connectivity index is 1.94. The molecule has 0 heterocycles. The van der Waals surface area contributed by atoms with E-state index in [1.807, 2.05) is 75.4 Å². The van der Waals surface area contributed by atoms with Crippen LogP contribution in [0.2, 0.25) is 0 Å². The van der Waals surface area contributed by atoms with Gasteiger partial charge in [0.25, 0.3) is 5.91 Å². The highest BCUT2D eigenvalue weighted by Gasteiger charge is 2.32. The van der Waals surface area contributed by atoms with Crippen molar-refractivity contribution in [1.82, 2.24) is 10.2 Å². The number of benzene rings is 3. The van der Waals surface area contributed by atoms with Crippen LogP contribution in [0.3, 0.4) is 0 Å². The summed E-state index contributed by atoms with van der Waals surface area (Å²) in [4.78, 5) is 29.0. The van der Waals surface area contributed by atoms with Gasteiger partial charge < -0.3 is 24.4 Å². The Kier molecular flexibility index (Phi) is 10.2. The first-order valence-corrected chi connectivity index (χ1v) is 13.1. The molecule has 0 radical (unpaired) electrons. The molecule has 0 unspecified atom stereocenters. The number of hydrogen-bond acceptors (Lipinski definition) is 5. The van der Waals surface area contributed by atoms with E-state index in [0.717, 1.165) is 15.6 Å². The zero-order valence-corrected chi connectivity index (χ0v) is 24.1. The molecule has 3 rings (SSSR count). The molecule has 202 valence electrons. The molecule has 0 saturated heterocycles. The van der Waals surface area contributed by atoms with E-state index < -0.39 is 11.6 Å². The second kappa shape index (κ2) is 13.3. The van der Waals surface area contributed by atoms with Crippen LogP contribution in [0.5, 0.6) is 17.2 Å². The predicted octanol–water partition coefficient (Wildman–Crippen LogP) is 5.40. The standard InChI is InChI=1S/C30H35BrN2O5/c1-30(2,3)32-29(35)27(15-21-10-7-6-8-11-21)33(19-22-12-9-13-23(31)14-22)28(34)20-38-26-17-24(36-4)16-25(18-26)37-5/h6-14,16-18,27H,15,19-20H2,1-5H3,(H,32,35)/t27-/m1/s1. The monoisotopic (exact) mass is 582 g/mol. The number of ether oxygens (including phenoxy) is 3. The summed E-state index contributed by atoms with van der Waals surface area (Å²) in [5.41, 5.74) is 1.37. The normalized spacial score (nSPS) is 11.8. The summed E-state index contributed by atoms with van der Waals surface area (Å²) in [6.45, 7) is 5.73. The summed E-state index contributed by atoms with van der Waals surface area (Å²) in [6.07, 6.45) is 0.357. The Morgan fingerprint density at radius 3 is 2.05 bits per heavy atom. The molecule has 0 spiro atoms. The minimum atomic E-state index is -0.758. The van der Waals surface area contributed by atoms with Crippen molar-refractivity contribution in [1.29, 1.82) is 0 Å². The van der Waals surface area contributed by atoms with Crippen molar-refractivity contribution in [2.24, 2.45) is 0 Å². The van der Waals surface area contributed by atoms with Crippen molar-refractivity contribution >= 4 is 27.7 Å². The average molecular weight is 584 g/mol. The lowest BCUT2D eigenvalue weighted by Crippen LogP contribution is -2.55. The fraction of sp³-hybridized carbons (Fsp3) is 0.333. The third-order valence-corrected chi connectivity index (χ3v) is 6.19. The lowest BCUT2D eigenvalue weighted by Gasteiger charge is -2.33. The Morgan fingerprint density at radius 2 is 1.47 bits per heavy atom. The topological polar surface area (TPSA) is 77.1 Å². The molecule has 0 saturated carbocycles. The second-order valence-corrected chi connectivity index (χ2v) is 10.8. The molecule has 38 heavy (non-hydrogen) atoms. The summed E-state index contributed by atoms with van der Waals surface area (Å²) < 4.78 is 17.4. The van der Waals surface area contributed by atoms with Crippen LogP contribution in [0, 0.1) is 0 Å². The van der Waals surface area contributed by atoms with E-state index in [2.05, 4.69) is 21.2 Å². The smallest absolute Gasteiger partial charge is 0.261 e. The largest absolute Gasteiger partial charge is 0.496 e. The zero-order chi connectivity index (χ0) is 27.7. The number of carbonyl (C=O) groups is 2. The predicted molar refractivity (Wildman–Crippen MR) is 152 cm³/mol. The number of carbonyl (C=O) groups excluding carboxylic acids is 2. The Bertz CT molecular complexity index is 1200. The van der Waals surface area contributed by atoms with E-state index in [4.69, 9.17) is 14.2 Å². The lowest BCUT2D eigenvalue weighted by atomic mass is 10.0. The van der Waals surface area contributed by atoms with Crippen molar-refractivity contribution in [3.05, 3.63) is 88.4 Å². The number of nitrogens with zero attached hydrogens (tertiary/aromatic N) is 1. The molecule has 0 bridgehead atoms. The molecule has 1 N–H and O–H groups in total. The highest BCUT2D eigenvalue weighted by Crippen LogP contribution is 2.27. The van der Waals surface area contributed by atoms with Crippen LogP contribution < -0.4 is 19.5 Å². The molecule has 1 atom stereocenters. The van der Waals surface area contributed by atoms with Crippen LogP contribution in [-0.2, 0) is 22.6 Å². The van der Waals surface area contributed by atoms with Crippen LogP contribution in [0.1, 0.15) is 31.9 Å². The van der Waals surface area contributed by atoms with Gasteiger partial charge in [-0.2, -0.15) is 0 Å². The molecule has 0 aliphatic rings. The van der Waals surface area contributed by atoms with Gasteiger partial charge in [0, 0.05) is 41.2 Å². The number of rotatable bonds is 11. The first-order chi connectivity index (χ1) is 18.1. The summed E-state index contributed by atoms with van der Waals surface area (Å²) in [7, 11) is 3.09. The highest BCUT2D eigenvalue weighted by atomic mass is 79.9. The van der Waals surface area contributed by atoms with Crippen LogP contribution in [0.15, 0.2) is 77.3 Å². The number of amides is 2. The van der Waals surface area contributed by atoms with Gasteiger partial charge in [-0.15, -0.1) is 0 Å².